The van der Waals surface area contributed by atoms with E-state index in [9.17, 15) is 12.8 Å². The van der Waals surface area contributed by atoms with Crippen LogP contribution in [0, 0.1) is 5.82 Å². The van der Waals surface area contributed by atoms with Crippen molar-refractivity contribution in [3.8, 4) is 0 Å². The van der Waals surface area contributed by atoms with Gasteiger partial charge in [-0.2, -0.15) is 13.5 Å². The van der Waals surface area contributed by atoms with Crippen LogP contribution >= 0.6 is 0 Å². The fourth-order valence-electron chi connectivity index (χ4n) is 2.11. The molecular formula is C15H12FN3O2S. The molecule has 0 bridgehead atoms. The molecule has 0 spiro atoms. The molecule has 0 fully saturated rings. The summed E-state index contributed by atoms with van der Waals surface area (Å²) in [4.78, 5) is 0.151. The Hall–Kier alpha value is -2.54. The SMILES string of the molecule is CN(/N=C/c1ccccc1F)C1=NS(=O)(=O)c2ccccc21. The van der Waals surface area contributed by atoms with Crippen LogP contribution in [0.2, 0.25) is 0 Å². The Morgan fingerprint density at radius 1 is 1.14 bits per heavy atom. The number of amidine groups is 1. The zero-order chi connectivity index (χ0) is 15.7. The Kier molecular flexibility index (Phi) is 3.50. The third kappa shape index (κ3) is 2.50. The molecule has 0 saturated carbocycles. The van der Waals surface area contributed by atoms with Gasteiger partial charge in [-0.25, -0.2) is 9.40 Å². The average molecular weight is 317 g/mol. The van der Waals surface area contributed by atoms with Gasteiger partial charge >= 0.3 is 0 Å². The van der Waals surface area contributed by atoms with Crippen LogP contribution in [0.15, 0.2) is 62.9 Å². The number of rotatable bonds is 2. The lowest BCUT2D eigenvalue weighted by atomic mass is 10.2. The van der Waals surface area contributed by atoms with Gasteiger partial charge in [0.25, 0.3) is 10.0 Å². The van der Waals surface area contributed by atoms with E-state index in [2.05, 4.69) is 9.50 Å². The molecule has 22 heavy (non-hydrogen) atoms. The first kappa shape index (κ1) is 14.4. The minimum Gasteiger partial charge on any atom is -0.250 e. The summed E-state index contributed by atoms with van der Waals surface area (Å²) >= 11 is 0. The second-order valence-electron chi connectivity index (χ2n) is 4.68. The molecule has 0 saturated heterocycles. The van der Waals surface area contributed by atoms with Crippen molar-refractivity contribution in [2.24, 2.45) is 9.50 Å². The highest BCUT2D eigenvalue weighted by Crippen LogP contribution is 2.26. The van der Waals surface area contributed by atoms with E-state index in [4.69, 9.17) is 0 Å². The molecule has 0 unspecified atom stereocenters. The van der Waals surface area contributed by atoms with E-state index in [0.717, 1.165) is 0 Å². The van der Waals surface area contributed by atoms with Crippen molar-refractivity contribution >= 4 is 22.1 Å². The first-order valence-corrected chi connectivity index (χ1v) is 7.90. The molecule has 0 amide bonds. The molecule has 3 rings (SSSR count). The van der Waals surface area contributed by atoms with Crippen LogP contribution in [0.1, 0.15) is 11.1 Å². The summed E-state index contributed by atoms with van der Waals surface area (Å²) in [5.74, 6) is -0.191. The second-order valence-corrected chi connectivity index (χ2v) is 6.25. The standard InChI is InChI=1S/C15H12FN3O2S/c1-19(17-10-11-6-2-4-8-13(11)16)15-12-7-3-5-9-14(12)22(20,21)18-15/h2-10H,1H3/b17-10+. The Balaban J connectivity index is 1.94. The molecule has 1 aliphatic rings. The van der Waals surface area contributed by atoms with E-state index in [1.807, 2.05) is 0 Å². The number of sulfonamides is 1. The van der Waals surface area contributed by atoms with Crippen LogP contribution in [-0.2, 0) is 10.0 Å². The van der Waals surface area contributed by atoms with Crippen LogP contribution in [0.25, 0.3) is 0 Å². The molecule has 5 nitrogen and oxygen atoms in total. The average Bonchev–Trinajstić information content (AvgIpc) is 2.79. The van der Waals surface area contributed by atoms with Crippen LogP contribution < -0.4 is 0 Å². The summed E-state index contributed by atoms with van der Waals surface area (Å²) in [6.07, 6.45) is 1.32. The van der Waals surface area contributed by atoms with Crippen molar-refractivity contribution in [2.75, 3.05) is 7.05 Å². The normalized spacial score (nSPS) is 15.6. The third-order valence-corrected chi connectivity index (χ3v) is 4.52. The number of nitrogens with zero attached hydrogens (tertiary/aromatic N) is 3. The summed E-state index contributed by atoms with van der Waals surface area (Å²) in [6.45, 7) is 0. The summed E-state index contributed by atoms with van der Waals surface area (Å²) in [5.41, 5.74) is 0.791. The second kappa shape index (κ2) is 5.34. The minimum absolute atomic E-state index is 0.151. The lowest BCUT2D eigenvalue weighted by Crippen LogP contribution is -2.21. The van der Waals surface area contributed by atoms with Crippen LogP contribution in [0.5, 0.6) is 0 Å². The number of hydrogen-bond acceptors (Lipinski definition) is 4. The van der Waals surface area contributed by atoms with E-state index in [0.29, 0.717) is 11.1 Å². The molecule has 0 atom stereocenters. The van der Waals surface area contributed by atoms with Gasteiger partial charge in [-0.15, -0.1) is 4.40 Å². The topological polar surface area (TPSA) is 62.1 Å². The number of halogens is 1. The van der Waals surface area contributed by atoms with Gasteiger partial charge in [0.2, 0.25) is 0 Å². The van der Waals surface area contributed by atoms with Gasteiger partial charge in [-0.1, -0.05) is 30.3 Å². The largest absolute Gasteiger partial charge is 0.285 e. The van der Waals surface area contributed by atoms with Crippen LogP contribution in [0.3, 0.4) is 0 Å². The maximum atomic E-state index is 13.5. The van der Waals surface area contributed by atoms with Crippen LogP contribution in [-0.4, -0.2) is 32.5 Å². The predicted octanol–water partition coefficient (Wildman–Crippen LogP) is 2.24. The van der Waals surface area contributed by atoms with E-state index >= 15 is 0 Å². The predicted molar refractivity (Wildman–Crippen MR) is 81.9 cm³/mol. The molecule has 0 N–H and O–H groups in total. The Morgan fingerprint density at radius 2 is 1.82 bits per heavy atom. The van der Waals surface area contributed by atoms with Gasteiger partial charge in [-0.3, -0.25) is 0 Å². The Bertz CT molecular complexity index is 891. The molecule has 0 aliphatic carbocycles. The van der Waals surface area contributed by atoms with E-state index in [1.54, 1.807) is 43.4 Å². The lowest BCUT2D eigenvalue weighted by molar-refractivity contribution is 0.548. The highest BCUT2D eigenvalue weighted by Gasteiger charge is 2.30. The molecule has 2 aromatic carbocycles. The Morgan fingerprint density at radius 3 is 2.59 bits per heavy atom. The molecule has 1 aliphatic heterocycles. The Labute approximate surface area is 127 Å². The van der Waals surface area contributed by atoms with E-state index in [-0.39, 0.29) is 10.7 Å². The van der Waals surface area contributed by atoms with Gasteiger partial charge < -0.3 is 0 Å². The van der Waals surface area contributed by atoms with E-state index in [1.165, 1.54) is 23.4 Å². The zero-order valence-corrected chi connectivity index (χ0v) is 12.5. The van der Waals surface area contributed by atoms with Gasteiger partial charge in [0.05, 0.1) is 6.21 Å². The summed E-state index contributed by atoms with van der Waals surface area (Å²) in [6, 6.07) is 12.7. The van der Waals surface area contributed by atoms with Gasteiger partial charge in [0.1, 0.15) is 10.7 Å². The fraction of sp³-hybridized carbons (Fsp3) is 0.0667. The maximum absolute atomic E-state index is 13.5. The van der Waals surface area contributed by atoms with Crippen molar-refractivity contribution in [3.05, 3.63) is 65.5 Å². The van der Waals surface area contributed by atoms with Gasteiger partial charge in [0, 0.05) is 18.2 Å². The molecule has 0 aromatic heterocycles. The highest BCUT2D eigenvalue weighted by atomic mass is 32.2. The highest BCUT2D eigenvalue weighted by molar-refractivity contribution is 7.90. The molecule has 1 heterocycles. The summed E-state index contributed by atoms with van der Waals surface area (Å²) in [7, 11) is -2.13. The van der Waals surface area contributed by atoms with Crippen molar-refractivity contribution in [2.45, 2.75) is 4.90 Å². The summed E-state index contributed by atoms with van der Waals surface area (Å²) < 4.78 is 41.2. The molecule has 2 aromatic rings. The van der Waals surface area contributed by atoms with Crippen molar-refractivity contribution in [1.82, 2.24) is 5.01 Å². The zero-order valence-electron chi connectivity index (χ0n) is 11.6. The minimum atomic E-state index is -3.69. The summed E-state index contributed by atoms with van der Waals surface area (Å²) in [5, 5.41) is 5.39. The number of benzene rings is 2. The van der Waals surface area contributed by atoms with Gasteiger partial charge in [-0.05, 0) is 18.2 Å². The molecule has 7 heteroatoms. The van der Waals surface area contributed by atoms with Crippen molar-refractivity contribution < 1.29 is 12.8 Å². The number of hydrazone groups is 1. The fourth-order valence-corrected chi connectivity index (χ4v) is 3.34. The monoisotopic (exact) mass is 317 g/mol. The first-order chi connectivity index (χ1) is 10.5. The van der Waals surface area contributed by atoms with Gasteiger partial charge in [0.15, 0.2) is 5.84 Å². The van der Waals surface area contributed by atoms with Crippen LogP contribution in [0.4, 0.5) is 4.39 Å². The smallest absolute Gasteiger partial charge is 0.250 e. The maximum Gasteiger partial charge on any atom is 0.285 e. The van der Waals surface area contributed by atoms with Crippen molar-refractivity contribution in [3.63, 3.8) is 0 Å². The molecular weight excluding hydrogens is 305 g/mol. The van der Waals surface area contributed by atoms with Crippen molar-refractivity contribution in [1.29, 1.82) is 0 Å². The molecule has 0 radical (unpaired) electrons. The first-order valence-electron chi connectivity index (χ1n) is 6.46. The third-order valence-electron chi connectivity index (χ3n) is 3.19. The quantitative estimate of drug-likeness (QED) is 0.630. The lowest BCUT2D eigenvalue weighted by Gasteiger charge is -2.12. The number of hydrogen-bond donors (Lipinski definition) is 0. The number of fused-ring (bicyclic) bond motifs is 1. The van der Waals surface area contributed by atoms with E-state index < -0.39 is 15.8 Å². The molecule has 112 valence electrons.